The normalized spacial score (nSPS) is 14.3. The molecule has 0 heteroatoms. The first kappa shape index (κ1) is 23.0. The molecule has 0 rings (SSSR count). The Morgan fingerprint density at radius 3 is 0.750 bits per heavy atom. The molecule has 24 heavy (non-hydrogen) atoms. The summed E-state index contributed by atoms with van der Waals surface area (Å²) in [5.74, 6) is 0. The van der Waals surface area contributed by atoms with Gasteiger partial charge in [-0.25, -0.2) is 0 Å². The first-order chi connectivity index (χ1) is 10.5. The zero-order chi connectivity index (χ0) is 19.4. The van der Waals surface area contributed by atoms with Crippen LogP contribution < -0.4 is 0 Å². The minimum atomic E-state index is 0.192. The second kappa shape index (κ2) is 7.89. The van der Waals surface area contributed by atoms with E-state index in [1.165, 1.54) is 11.1 Å². The predicted octanol–water partition coefficient (Wildman–Crippen LogP) is 8.14. The highest BCUT2D eigenvalue weighted by Crippen LogP contribution is 2.40. The lowest BCUT2D eigenvalue weighted by atomic mass is 9.71. The molecule has 0 unspecified atom stereocenters. The average Bonchev–Trinajstić information content (AvgIpc) is 2.25. The van der Waals surface area contributed by atoms with Crippen molar-refractivity contribution in [2.24, 2.45) is 21.7 Å². The van der Waals surface area contributed by atoms with Gasteiger partial charge in [0, 0.05) is 0 Å². The van der Waals surface area contributed by atoms with Gasteiger partial charge in [-0.3, -0.25) is 0 Å². The third kappa shape index (κ3) is 8.18. The molecule has 138 valence electrons. The fourth-order valence-electron chi connectivity index (χ4n) is 3.68. The van der Waals surface area contributed by atoms with E-state index in [9.17, 15) is 0 Å². The fraction of sp³-hybridized carbons (Fsp3) is 0.667. The van der Waals surface area contributed by atoms with Crippen molar-refractivity contribution in [3.63, 3.8) is 0 Å². The quantitative estimate of drug-likeness (QED) is 0.458. The minimum absolute atomic E-state index is 0.192. The molecule has 0 spiro atoms. The molecule has 0 aromatic carbocycles. The summed E-state index contributed by atoms with van der Waals surface area (Å²) in [6, 6.07) is 0. The molecule has 0 aromatic heterocycles. The van der Waals surface area contributed by atoms with Crippen molar-refractivity contribution in [1.29, 1.82) is 0 Å². The Labute approximate surface area is 152 Å². The maximum Gasteiger partial charge on any atom is -0.0165 e. The monoisotopic (exact) mass is 330 g/mol. The summed E-state index contributed by atoms with van der Waals surface area (Å²) in [6.45, 7) is 27.4. The van der Waals surface area contributed by atoms with E-state index in [-0.39, 0.29) is 21.7 Å². The molecule has 0 aromatic rings. The first-order valence-corrected chi connectivity index (χ1v) is 9.24. The molecule has 0 aliphatic heterocycles. The molecule has 0 heterocycles. The molecule has 0 saturated carbocycles. The van der Waals surface area contributed by atoms with Crippen molar-refractivity contribution in [1.82, 2.24) is 0 Å². The van der Waals surface area contributed by atoms with Crippen molar-refractivity contribution in [2.75, 3.05) is 0 Å². The fourth-order valence-corrected chi connectivity index (χ4v) is 3.68. The zero-order valence-corrected chi connectivity index (χ0v) is 18.5. The molecular weight excluding hydrogens is 288 g/mol. The van der Waals surface area contributed by atoms with Gasteiger partial charge in [-0.05, 0) is 21.7 Å². The van der Waals surface area contributed by atoms with E-state index >= 15 is 0 Å². The summed E-state index contributed by atoms with van der Waals surface area (Å²) < 4.78 is 0. The van der Waals surface area contributed by atoms with E-state index in [0.29, 0.717) is 0 Å². The molecule has 0 bridgehead atoms. The van der Waals surface area contributed by atoms with Crippen molar-refractivity contribution in [3.8, 4) is 0 Å². The Morgan fingerprint density at radius 2 is 0.583 bits per heavy atom. The molecule has 0 aliphatic rings. The van der Waals surface area contributed by atoms with Crippen LogP contribution in [-0.4, -0.2) is 0 Å². The van der Waals surface area contributed by atoms with E-state index in [1.54, 1.807) is 0 Å². The highest BCUT2D eigenvalue weighted by atomic mass is 14.3. The smallest absolute Gasteiger partial charge is 0.0165 e. The van der Waals surface area contributed by atoms with Crippen LogP contribution in [0.25, 0.3) is 0 Å². The van der Waals surface area contributed by atoms with Crippen molar-refractivity contribution < 1.29 is 0 Å². The number of hydrogen-bond donors (Lipinski definition) is 0. The van der Waals surface area contributed by atoms with Gasteiger partial charge in [0.2, 0.25) is 0 Å². The Kier molecular flexibility index (Phi) is 7.55. The highest BCUT2D eigenvalue weighted by Gasteiger charge is 2.27. The van der Waals surface area contributed by atoms with Crippen LogP contribution in [0.2, 0.25) is 0 Å². The van der Waals surface area contributed by atoms with Gasteiger partial charge >= 0.3 is 0 Å². The second-order valence-electron chi connectivity index (χ2n) is 10.9. The van der Waals surface area contributed by atoms with Crippen molar-refractivity contribution in [2.45, 2.75) is 83.1 Å². The van der Waals surface area contributed by atoms with Gasteiger partial charge in [0.25, 0.3) is 0 Å². The van der Waals surface area contributed by atoms with Crippen LogP contribution >= 0.6 is 0 Å². The molecular formula is C24H42. The third-order valence-electron chi connectivity index (χ3n) is 4.09. The lowest BCUT2D eigenvalue weighted by Crippen LogP contribution is -2.22. The molecule has 0 radical (unpaired) electrons. The largest absolute Gasteiger partial charge is 0.0623 e. The van der Waals surface area contributed by atoms with Gasteiger partial charge in [-0.2, -0.15) is 0 Å². The summed E-state index contributed by atoms with van der Waals surface area (Å²) >= 11 is 0. The van der Waals surface area contributed by atoms with Crippen LogP contribution in [0, 0.1) is 21.7 Å². The zero-order valence-electron chi connectivity index (χ0n) is 18.5. The maximum atomic E-state index is 2.29. The van der Waals surface area contributed by atoms with Crippen LogP contribution in [0.5, 0.6) is 0 Å². The van der Waals surface area contributed by atoms with Gasteiger partial charge in [-0.1, -0.05) is 131 Å². The van der Waals surface area contributed by atoms with Crippen molar-refractivity contribution in [3.05, 3.63) is 47.6 Å². The van der Waals surface area contributed by atoms with Crippen LogP contribution in [0.4, 0.5) is 0 Å². The Hall–Kier alpha value is -1.04. The topological polar surface area (TPSA) is 0 Å². The van der Waals surface area contributed by atoms with E-state index in [1.807, 2.05) is 0 Å². The van der Waals surface area contributed by atoms with Gasteiger partial charge in [0.1, 0.15) is 0 Å². The summed E-state index contributed by atoms with van der Waals surface area (Å²) in [4.78, 5) is 0. The minimum Gasteiger partial charge on any atom is -0.0623 e. The molecule has 0 aliphatic carbocycles. The lowest BCUT2D eigenvalue weighted by Gasteiger charge is -2.34. The van der Waals surface area contributed by atoms with Crippen LogP contribution in [0.15, 0.2) is 47.6 Å². The summed E-state index contributed by atoms with van der Waals surface area (Å²) in [5, 5.41) is 0. The lowest BCUT2D eigenvalue weighted by molar-refractivity contribution is 0.362. The van der Waals surface area contributed by atoms with Crippen LogP contribution in [-0.2, 0) is 0 Å². The Balaban J connectivity index is 5.32. The molecule has 0 atom stereocenters. The Bertz CT molecular complexity index is 424. The number of allylic oxidation sites excluding steroid dienone is 8. The number of hydrogen-bond acceptors (Lipinski definition) is 0. The van der Waals surface area contributed by atoms with Gasteiger partial charge < -0.3 is 0 Å². The Morgan fingerprint density at radius 1 is 0.375 bits per heavy atom. The SMILES string of the molecule is CC(C)(C)C(=CC=CC=CC=C(C(C)(C)C)C(C)(C)C)C(C)(C)C. The van der Waals surface area contributed by atoms with Gasteiger partial charge in [0.15, 0.2) is 0 Å². The predicted molar refractivity (Wildman–Crippen MR) is 112 cm³/mol. The van der Waals surface area contributed by atoms with E-state index < -0.39 is 0 Å². The van der Waals surface area contributed by atoms with Crippen LogP contribution in [0.1, 0.15) is 83.1 Å². The molecule has 0 saturated heterocycles. The van der Waals surface area contributed by atoms with E-state index in [0.717, 1.165) is 0 Å². The molecule has 0 amide bonds. The highest BCUT2D eigenvalue weighted by molar-refractivity contribution is 5.28. The second-order valence-corrected chi connectivity index (χ2v) is 10.9. The van der Waals surface area contributed by atoms with Crippen LogP contribution in [0.3, 0.4) is 0 Å². The van der Waals surface area contributed by atoms with Gasteiger partial charge in [-0.15, -0.1) is 0 Å². The van der Waals surface area contributed by atoms with E-state index in [4.69, 9.17) is 0 Å². The average molecular weight is 331 g/mol. The standard InChI is InChI=1S/C24H42/c1-21(2,3)19(22(4,5)6)17-15-13-14-16-18-20(23(7,8)9)24(10,11)12/h13-18H,1-12H3. The summed E-state index contributed by atoms with van der Waals surface area (Å²) in [5.41, 5.74) is 3.71. The molecule has 0 N–H and O–H groups in total. The molecule has 0 nitrogen and oxygen atoms in total. The van der Waals surface area contributed by atoms with Gasteiger partial charge in [0.05, 0.1) is 0 Å². The maximum absolute atomic E-state index is 2.29. The first-order valence-electron chi connectivity index (χ1n) is 9.24. The molecule has 0 fully saturated rings. The third-order valence-corrected chi connectivity index (χ3v) is 4.09. The van der Waals surface area contributed by atoms with Crippen molar-refractivity contribution >= 4 is 0 Å². The number of rotatable bonds is 3. The van der Waals surface area contributed by atoms with E-state index in [2.05, 4.69) is 120 Å². The summed E-state index contributed by atoms with van der Waals surface area (Å²) in [6.07, 6.45) is 13.2. The summed E-state index contributed by atoms with van der Waals surface area (Å²) in [7, 11) is 0.